The van der Waals surface area contributed by atoms with Crippen molar-refractivity contribution >= 4 is 6.03 Å². The molecule has 2 N–H and O–H groups in total. The highest BCUT2D eigenvalue weighted by atomic mass is 16.2. The Labute approximate surface area is 160 Å². The van der Waals surface area contributed by atoms with Crippen molar-refractivity contribution in [2.24, 2.45) is 17.8 Å². The van der Waals surface area contributed by atoms with Crippen LogP contribution in [0.5, 0.6) is 0 Å². The fourth-order valence-corrected chi connectivity index (χ4v) is 6.07. The fourth-order valence-electron chi connectivity index (χ4n) is 6.07. The van der Waals surface area contributed by atoms with E-state index in [4.69, 9.17) is 0 Å². The van der Waals surface area contributed by atoms with E-state index in [2.05, 4.69) is 20.6 Å². The van der Waals surface area contributed by atoms with Crippen LogP contribution in [0, 0.1) is 17.8 Å². The molecule has 5 heteroatoms. The van der Waals surface area contributed by atoms with Crippen molar-refractivity contribution in [2.75, 3.05) is 0 Å². The van der Waals surface area contributed by atoms with Gasteiger partial charge in [0.05, 0.1) is 5.69 Å². The van der Waals surface area contributed by atoms with E-state index in [1.165, 1.54) is 38.5 Å². The summed E-state index contributed by atoms with van der Waals surface area (Å²) in [5.41, 5.74) is 2.89. The third-order valence-electron chi connectivity index (χ3n) is 6.68. The molecule has 6 rings (SSSR count). The second kappa shape index (κ2) is 6.63. The quantitative estimate of drug-likeness (QED) is 0.866. The Balaban J connectivity index is 1.26. The zero-order valence-corrected chi connectivity index (χ0v) is 15.5. The Bertz CT molecular complexity index is 800. The number of nitrogens with zero attached hydrogens (tertiary/aromatic N) is 2. The van der Waals surface area contributed by atoms with Crippen LogP contribution in [0.3, 0.4) is 0 Å². The molecular weight excluding hydrogens is 336 g/mol. The van der Waals surface area contributed by atoms with Crippen LogP contribution >= 0.6 is 0 Å². The molecule has 4 aliphatic rings. The summed E-state index contributed by atoms with van der Waals surface area (Å²) >= 11 is 0. The molecule has 140 valence electrons. The number of carbonyl (C=O) groups excluding carboxylic acids is 1. The molecule has 4 bridgehead atoms. The number of pyridine rings is 2. The molecule has 0 spiro atoms. The molecule has 0 atom stereocenters. The van der Waals surface area contributed by atoms with Gasteiger partial charge in [0, 0.05) is 36.2 Å². The molecule has 4 saturated carbocycles. The minimum Gasteiger partial charge on any atom is -0.334 e. The van der Waals surface area contributed by atoms with Gasteiger partial charge in [-0.15, -0.1) is 0 Å². The van der Waals surface area contributed by atoms with Gasteiger partial charge < -0.3 is 10.6 Å². The van der Waals surface area contributed by atoms with Crippen LogP contribution in [-0.4, -0.2) is 21.5 Å². The Hall–Kier alpha value is -2.43. The van der Waals surface area contributed by atoms with Crippen molar-refractivity contribution in [3.8, 4) is 11.3 Å². The van der Waals surface area contributed by atoms with Gasteiger partial charge in [-0.05, 0) is 80.0 Å². The minimum absolute atomic E-state index is 0.0416. The molecule has 2 amide bonds. The van der Waals surface area contributed by atoms with Gasteiger partial charge in [0.25, 0.3) is 0 Å². The van der Waals surface area contributed by atoms with Gasteiger partial charge in [-0.1, -0.05) is 6.07 Å². The number of aromatic nitrogens is 2. The molecule has 0 unspecified atom stereocenters. The van der Waals surface area contributed by atoms with Gasteiger partial charge in [0.1, 0.15) is 0 Å². The maximum absolute atomic E-state index is 12.7. The molecule has 0 saturated heterocycles. The first-order chi connectivity index (χ1) is 13.2. The highest BCUT2D eigenvalue weighted by Crippen LogP contribution is 2.55. The summed E-state index contributed by atoms with van der Waals surface area (Å²) in [5.74, 6) is 2.48. The molecule has 0 radical (unpaired) electrons. The standard InChI is InChI=1S/C22H26N4O/c27-21(26-22-10-15-7-16(11-22)9-17(8-15)12-22)25-14-19-4-2-6-24-20(19)18-3-1-5-23-13-18/h1-6,13,15-17H,7-12,14H2,(H2,25,26,27). The Kier molecular flexibility index (Phi) is 4.10. The number of hydrogen-bond acceptors (Lipinski definition) is 3. The summed E-state index contributed by atoms with van der Waals surface area (Å²) in [5, 5.41) is 6.44. The molecule has 27 heavy (non-hydrogen) atoms. The summed E-state index contributed by atoms with van der Waals surface area (Å²) < 4.78 is 0. The van der Waals surface area contributed by atoms with Crippen molar-refractivity contribution < 1.29 is 4.79 Å². The molecule has 4 aliphatic carbocycles. The summed E-state index contributed by atoms with van der Waals surface area (Å²) in [6.45, 7) is 0.469. The van der Waals surface area contributed by atoms with E-state index in [9.17, 15) is 4.79 Å². The first-order valence-corrected chi connectivity index (χ1v) is 10.1. The first-order valence-electron chi connectivity index (χ1n) is 10.1. The second-order valence-corrected chi connectivity index (χ2v) is 8.76. The number of rotatable bonds is 4. The molecule has 4 fully saturated rings. The van der Waals surface area contributed by atoms with Crippen LogP contribution in [0.15, 0.2) is 42.9 Å². The lowest BCUT2D eigenvalue weighted by Crippen LogP contribution is -2.61. The maximum Gasteiger partial charge on any atom is 0.315 e. The number of carbonyl (C=O) groups is 1. The van der Waals surface area contributed by atoms with E-state index >= 15 is 0 Å². The van der Waals surface area contributed by atoms with Crippen LogP contribution in [0.2, 0.25) is 0 Å². The van der Waals surface area contributed by atoms with E-state index in [1.54, 1.807) is 18.6 Å². The van der Waals surface area contributed by atoms with Gasteiger partial charge in [-0.3, -0.25) is 9.97 Å². The third kappa shape index (κ3) is 3.31. The van der Waals surface area contributed by atoms with Crippen molar-refractivity contribution in [3.63, 3.8) is 0 Å². The Morgan fingerprint density at radius 1 is 1.04 bits per heavy atom. The number of nitrogens with one attached hydrogen (secondary N) is 2. The minimum atomic E-state index is -0.0436. The van der Waals surface area contributed by atoms with Gasteiger partial charge in [-0.25, -0.2) is 4.79 Å². The van der Waals surface area contributed by atoms with Crippen molar-refractivity contribution in [3.05, 3.63) is 48.4 Å². The van der Waals surface area contributed by atoms with E-state index in [-0.39, 0.29) is 11.6 Å². The van der Waals surface area contributed by atoms with Gasteiger partial charge in [0.2, 0.25) is 0 Å². The monoisotopic (exact) mass is 362 g/mol. The van der Waals surface area contributed by atoms with E-state index in [0.29, 0.717) is 6.54 Å². The van der Waals surface area contributed by atoms with Gasteiger partial charge >= 0.3 is 6.03 Å². The zero-order valence-electron chi connectivity index (χ0n) is 15.5. The average molecular weight is 362 g/mol. The lowest BCUT2D eigenvalue weighted by molar-refractivity contribution is -0.0135. The van der Waals surface area contributed by atoms with Gasteiger partial charge in [0.15, 0.2) is 0 Å². The van der Waals surface area contributed by atoms with E-state index < -0.39 is 0 Å². The second-order valence-electron chi connectivity index (χ2n) is 8.76. The molecular formula is C22H26N4O. The number of hydrogen-bond donors (Lipinski definition) is 2. The third-order valence-corrected chi connectivity index (χ3v) is 6.68. The highest BCUT2D eigenvalue weighted by Gasteiger charge is 2.51. The number of amides is 2. The average Bonchev–Trinajstić information content (AvgIpc) is 2.66. The Morgan fingerprint density at radius 3 is 2.41 bits per heavy atom. The van der Waals surface area contributed by atoms with Crippen LogP contribution in [0.4, 0.5) is 4.79 Å². The molecule has 5 nitrogen and oxygen atoms in total. The predicted octanol–water partition coefficient (Wildman–Crippen LogP) is 3.91. The van der Waals surface area contributed by atoms with Crippen molar-refractivity contribution in [1.29, 1.82) is 0 Å². The summed E-state index contributed by atoms with van der Waals surface area (Å²) in [4.78, 5) is 21.4. The lowest BCUT2D eigenvalue weighted by atomic mass is 9.53. The fraction of sp³-hybridized carbons (Fsp3) is 0.500. The zero-order chi connectivity index (χ0) is 18.3. The topological polar surface area (TPSA) is 66.9 Å². The smallest absolute Gasteiger partial charge is 0.315 e. The largest absolute Gasteiger partial charge is 0.334 e. The summed E-state index contributed by atoms with van der Waals surface area (Å²) in [7, 11) is 0. The van der Waals surface area contributed by atoms with E-state index in [1.807, 2.05) is 24.3 Å². The summed E-state index contributed by atoms with van der Waals surface area (Å²) in [6, 6.07) is 7.78. The number of urea groups is 1. The Morgan fingerprint density at radius 2 is 1.74 bits per heavy atom. The predicted molar refractivity (Wildman–Crippen MR) is 104 cm³/mol. The normalized spacial score (nSPS) is 30.9. The van der Waals surface area contributed by atoms with Crippen LogP contribution in [0.25, 0.3) is 11.3 Å². The molecule has 2 heterocycles. The first kappa shape index (κ1) is 16.7. The molecule has 2 aromatic rings. The van der Waals surface area contributed by atoms with Crippen molar-refractivity contribution in [1.82, 2.24) is 20.6 Å². The van der Waals surface area contributed by atoms with E-state index in [0.717, 1.165) is 34.6 Å². The van der Waals surface area contributed by atoms with Crippen molar-refractivity contribution in [2.45, 2.75) is 50.6 Å². The maximum atomic E-state index is 12.7. The summed E-state index contributed by atoms with van der Waals surface area (Å²) in [6.07, 6.45) is 13.0. The lowest BCUT2D eigenvalue weighted by Gasteiger charge is -2.56. The molecule has 0 aliphatic heterocycles. The highest BCUT2D eigenvalue weighted by molar-refractivity contribution is 5.75. The van der Waals surface area contributed by atoms with Gasteiger partial charge in [-0.2, -0.15) is 0 Å². The molecule has 0 aromatic carbocycles. The van der Waals surface area contributed by atoms with Crippen LogP contribution < -0.4 is 10.6 Å². The van der Waals surface area contributed by atoms with Crippen LogP contribution in [0.1, 0.15) is 44.1 Å². The molecule has 2 aromatic heterocycles. The SMILES string of the molecule is O=C(NCc1cccnc1-c1cccnc1)NC12CC3CC(CC(C3)C1)C2. The van der Waals surface area contributed by atoms with Crippen LogP contribution in [-0.2, 0) is 6.54 Å².